The molecular weight excluding hydrogens is 244 g/mol. The van der Waals surface area contributed by atoms with Crippen molar-refractivity contribution in [2.24, 2.45) is 0 Å². The van der Waals surface area contributed by atoms with Gasteiger partial charge in [-0.05, 0) is 13.0 Å². The van der Waals surface area contributed by atoms with Crippen LogP contribution in [0.15, 0.2) is 12.3 Å². The lowest BCUT2D eigenvalue weighted by Gasteiger charge is -2.08. The number of hydrogen-bond donors (Lipinski definition) is 2. The second-order valence-electron chi connectivity index (χ2n) is 4.05. The number of carbonyl (C=O) groups excluding carboxylic acids is 1. The molecule has 7 nitrogen and oxygen atoms in total. The van der Waals surface area contributed by atoms with Gasteiger partial charge in [0.15, 0.2) is 11.5 Å². The molecule has 0 spiro atoms. The molecule has 0 unspecified atom stereocenters. The first-order chi connectivity index (χ1) is 9.06. The first kappa shape index (κ1) is 13.0. The Bertz CT molecular complexity index is 619. The maximum Gasteiger partial charge on any atom is 0.271 e. The van der Waals surface area contributed by atoms with Crippen molar-refractivity contribution in [3.63, 3.8) is 0 Å². The van der Waals surface area contributed by atoms with E-state index in [9.17, 15) is 4.79 Å². The van der Waals surface area contributed by atoms with Gasteiger partial charge >= 0.3 is 0 Å². The van der Waals surface area contributed by atoms with Crippen molar-refractivity contribution in [3.8, 4) is 5.82 Å². The van der Waals surface area contributed by atoms with Crippen molar-refractivity contribution in [1.29, 1.82) is 0 Å². The normalized spacial score (nSPS) is 10.5. The Kier molecular flexibility index (Phi) is 3.46. The maximum absolute atomic E-state index is 11.5. The SMILES string of the molecule is CCc1nc(N)c(C)c(-n2ccc(C(=O)NC)n2)n1. The molecule has 0 aliphatic heterocycles. The molecule has 7 heteroatoms. The van der Waals surface area contributed by atoms with Crippen molar-refractivity contribution in [3.05, 3.63) is 29.3 Å². The zero-order valence-electron chi connectivity index (χ0n) is 11.1. The number of rotatable bonds is 3. The van der Waals surface area contributed by atoms with Crippen molar-refractivity contribution < 1.29 is 4.79 Å². The molecule has 2 rings (SSSR count). The van der Waals surface area contributed by atoms with Crippen LogP contribution in [0.25, 0.3) is 5.82 Å². The van der Waals surface area contributed by atoms with Crippen molar-refractivity contribution >= 4 is 11.7 Å². The van der Waals surface area contributed by atoms with Crippen LogP contribution >= 0.6 is 0 Å². The summed E-state index contributed by atoms with van der Waals surface area (Å²) in [5.74, 6) is 1.43. The summed E-state index contributed by atoms with van der Waals surface area (Å²) in [6, 6.07) is 1.63. The average Bonchev–Trinajstić information content (AvgIpc) is 2.90. The molecule has 0 saturated carbocycles. The van der Waals surface area contributed by atoms with E-state index in [1.165, 1.54) is 4.68 Å². The topological polar surface area (TPSA) is 98.7 Å². The highest BCUT2D eigenvalue weighted by Gasteiger charge is 2.13. The molecule has 0 aliphatic carbocycles. The minimum absolute atomic E-state index is 0.242. The summed E-state index contributed by atoms with van der Waals surface area (Å²) in [5.41, 5.74) is 6.93. The molecular formula is C12H16N6O. The first-order valence-corrected chi connectivity index (χ1v) is 5.98. The highest BCUT2D eigenvalue weighted by molar-refractivity contribution is 5.91. The standard InChI is InChI=1S/C12H16N6O/c1-4-9-15-10(13)7(2)11(16-9)18-6-5-8(17-18)12(19)14-3/h5-6H,4H2,1-3H3,(H,14,19)(H2,13,15,16). The molecule has 19 heavy (non-hydrogen) atoms. The number of carbonyl (C=O) groups is 1. The first-order valence-electron chi connectivity index (χ1n) is 5.98. The van der Waals surface area contributed by atoms with Crippen LogP contribution in [-0.2, 0) is 6.42 Å². The smallest absolute Gasteiger partial charge is 0.271 e. The van der Waals surface area contributed by atoms with E-state index in [-0.39, 0.29) is 5.91 Å². The zero-order valence-corrected chi connectivity index (χ0v) is 11.1. The van der Waals surface area contributed by atoms with Crippen LogP contribution in [0.2, 0.25) is 0 Å². The molecule has 3 N–H and O–H groups in total. The van der Waals surface area contributed by atoms with Crippen LogP contribution in [0.4, 0.5) is 5.82 Å². The lowest BCUT2D eigenvalue weighted by atomic mass is 10.3. The number of anilines is 1. The van der Waals surface area contributed by atoms with Gasteiger partial charge < -0.3 is 11.1 Å². The number of nitrogens with two attached hydrogens (primary N) is 1. The Labute approximate surface area is 110 Å². The van der Waals surface area contributed by atoms with E-state index in [0.717, 1.165) is 5.56 Å². The molecule has 2 heterocycles. The Morgan fingerprint density at radius 1 is 1.47 bits per heavy atom. The molecule has 0 fully saturated rings. The summed E-state index contributed by atoms with van der Waals surface area (Å²) >= 11 is 0. The summed E-state index contributed by atoms with van der Waals surface area (Å²) in [6.45, 7) is 3.78. The van der Waals surface area contributed by atoms with Crippen molar-refractivity contribution in [2.45, 2.75) is 20.3 Å². The third-order valence-electron chi connectivity index (χ3n) is 2.79. The third kappa shape index (κ3) is 2.40. The molecule has 1 amide bonds. The number of amides is 1. The second-order valence-corrected chi connectivity index (χ2v) is 4.05. The van der Waals surface area contributed by atoms with Gasteiger partial charge in [-0.15, -0.1) is 0 Å². The van der Waals surface area contributed by atoms with E-state index in [4.69, 9.17) is 5.73 Å². The molecule has 2 aromatic heterocycles. The highest BCUT2D eigenvalue weighted by atomic mass is 16.1. The monoisotopic (exact) mass is 260 g/mol. The third-order valence-corrected chi connectivity index (χ3v) is 2.79. The second kappa shape index (κ2) is 5.05. The predicted molar refractivity (Wildman–Crippen MR) is 71.1 cm³/mol. The zero-order chi connectivity index (χ0) is 14.0. The van der Waals surface area contributed by atoms with Crippen LogP contribution in [0.5, 0.6) is 0 Å². The van der Waals surface area contributed by atoms with E-state index in [0.29, 0.717) is 29.6 Å². The predicted octanol–water partition coefficient (Wildman–Crippen LogP) is 0.475. The number of nitrogens with one attached hydrogen (secondary N) is 1. The Morgan fingerprint density at radius 2 is 2.21 bits per heavy atom. The van der Waals surface area contributed by atoms with Gasteiger partial charge in [0.05, 0.1) is 0 Å². The van der Waals surface area contributed by atoms with Crippen LogP contribution in [0.1, 0.15) is 28.8 Å². The summed E-state index contributed by atoms with van der Waals surface area (Å²) in [7, 11) is 1.56. The van der Waals surface area contributed by atoms with Gasteiger partial charge in [-0.1, -0.05) is 6.92 Å². The summed E-state index contributed by atoms with van der Waals surface area (Å²) in [6.07, 6.45) is 2.36. The summed E-state index contributed by atoms with van der Waals surface area (Å²) < 4.78 is 1.54. The van der Waals surface area contributed by atoms with Gasteiger partial charge in [0.1, 0.15) is 11.6 Å². The fourth-order valence-electron chi connectivity index (χ4n) is 1.64. The summed E-state index contributed by atoms with van der Waals surface area (Å²) in [5, 5.41) is 6.71. The van der Waals surface area contributed by atoms with Crippen LogP contribution in [0.3, 0.4) is 0 Å². The fourth-order valence-corrected chi connectivity index (χ4v) is 1.64. The molecule has 2 aromatic rings. The average molecular weight is 260 g/mol. The van der Waals surface area contributed by atoms with Gasteiger partial charge in [0.25, 0.3) is 5.91 Å². The minimum atomic E-state index is -0.242. The fraction of sp³-hybridized carbons (Fsp3) is 0.333. The Balaban J connectivity index is 2.49. The highest BCUT2D eigenvalue weighted by Crippen LogP contribution is 2.16. The molecule has 0 radical (unpaired) electrons. The van der Waals surface area contributed by atoms with E-state index < -0.39 is 0 Å². The van der Waals surface area contributed by atoms with E-state index in [1.807, 2.05) is 13.8 Å². The lowest BCUT2D eigenvalue weighted by molar-refractivity contribution is 0.0957. The van der Waals surface area contributed by atoms with Crippen molar-refractivity contribution in [2.75, 3.05) is 12.8 Å². The van der Waals surface area contributed by atoms with E-state index in [1.54, 1.807) is 19.3 Å². The lowest BCUT2D eigenvalue weighted by Crippen LogP contribution is -2.19. The molecule has 0 atom stereocenters. The van der Waals surface area contributed by atoms with Gasteiger partial charge in [-0.2, -0.15) is 5.10 Å². The molecule has 0 aliphatic rings. The molecule has 0 aromatic carbocycles. The van der Waals surface area contributed by atoms with Gasteiger partial charge in [0.2, 0.25) is 0 Å². The number of nitrogen functional groups attached to an aromatic ring is 1. The number of hydrogen-bond acceptors (Lipinski definition) is 5. The largest absolute Gasteiger partial charge is 0.383 e. The van der Waals surface area contributed by atoms with Crippen molar-refractivity contribution in [1.82, 2.24) is 25.1 Å². The van der Waals surface area contributed by atoms with Crippen LogP contribution < -0.4 is 11.1 Å². The van der Waals surface area contributed by atoms with E-state index in [2.05, 4.69) is 20.4 Å². The minimum Gasteiger partial charge on any atom is -0.383 e. The number of aromatic nitrogens is 4. The number of aryl methyl sites for hydroxylation is 1. The van der Waals surface area contributed by atoms with Crippen LogP contribution in [0, 0.1) is 6.92 Å². The number of nitrogens with zero attached hydrogens (tertiary/aromatic N) is 4. The molecule has 0 bridgehead atoms. The maximum atomic E-state index is 11.5. The Hall–Kier alpha value is -2.44. The quantitative estimate of drug-likeness (QED) is 0.836. The van der Waals surface area contributed by atoms with Crippen LogP contribution in [-0.4, -0.2) is 32.7 Å². The Morgan fingerprint density at radius 3 is 2.84 bits per heavy atom. The van der Waals surface area contributed by atoms with E-state index >= 15 is 0 Å². The van der Waals surface area contributed by atoms with Gasteiger partial charge in [0, 0.05) is 25.2 Å². The molecule has 100 valence electrons. The summed E-state index contributed by atoms with van der Waals surface area (Å²) in [4.78, 5) is 20.1. The van der Waals surface area contributed by atoms with Gasteiger partial charge in [-0.25, -0.2) is 14.6 Å². The molecule has 0 saturated heterocycles. The van der Waals surface area contributed by atoms with Gasteiger partial charge in [-0.3, -0.25) is 4.79 Å².